The molecule has 2 aromatic rings. The zero-order chi connectivity index (χ0) is 27.2. The van der Waals surface area contributed by atoms with Crippen LogP contribution in [0.4, 0.5) is 23.2 Å². The van der Waals surface area contributed by atoms with Gasteiger partial charge in [0.2, 0.25) is 5.91 Å². The monoisotopic (exact) mass is 536 g/mol. The number of benzene rings is 1. The van der Waals surface area contributed by atoms with Gasteiger partial charge in [-0.05, 0) is 43.9 Å². The Bertz CT molecular complexity index is 1240. The summed E-state index contributed by atoms with van der Waals surface area (Å²) in [4.78, 5) is 33.0. The quantitative estimate of drug-likeness (QED) is 0.448. The third kappa shape index (κ3) is 5.06. The van der Waals surface area contributed by atoms with Crippen molar-refractivity contribution in [2.75, 3.05) is 31.7 Å². The van der Waals surface area contributed by atoms with Crippen molar-refractivity contribution in [2.45, 2.75) is 44.1 Å². The van der Waals surface area contributed by atoms with E-state index in [2.05, 4.69) is 15.6 Å². The minimum absolute atomic E-state index is 0.0547. The Morgan fingerprint density at radius 1 is 1.24 bits per heavy atom. The zero-order valence-corrected chi connectivity index (χ0v) is 20.6. The number of nitrogens with zero attached hydrogens (tertiary/aromatic N) is 2. The maximum atomic E-state index is 14.9. The number of fused-ring (bicyclic) bond motifs is 1. The topological polar surface area (TPSA) is 104 Å². The van der Waals surface area contributed by atoms with E-state index in [0.717, 1.165) is 18.6 Å². The van der Waals surface area contributed by atoms with Gasteiger partial charge in [-0.3, -0.25) is 14.6 Å². The summed E-state index contributed by atoms with van der Waals surface area (Å²) in [5.41, 5.74) is 0.210. The Balaban J connectivity index is 1.39. The van der Waals surface area contributed by atoms with Gasteiger partial charge in [0, 0.05) is 29.8 Å². The number of anilines is 1. The van der Waals surface area contributed by atoms with Crippen LogP contribution in [0.25, 0.3) is 0 Å². The first-order valence-electron chi connectivity index (χ1n) is 12.5. The van der Waals surface area contributed by atoms with Crippen molar-refractivity contribution in [3.8, 4) is 0 Å². The summed E-state index contributed by atoms with van der Waals surface area (Å²) in [6, 6.07) is 2.08. The van der Waals surface area contributed by atoms with Crippen molar-refractivity contribution in [2.24, 2.45) is 11.8 Å². The number of nitrogens with one attached hydrogen (secondary N) is 2. The van der Waals surface area contributed by atoms with Crippen LogP contribution in [-0.4, -0.2) is 65.3 Å². The molecule has 0 spiro atoms. The molecule has 2 aliphatic heterocycles. The fourth-order valence-corrected chi connectivity index (χ4v) is 5.29. The number of pyridine rings is 1. The highest BCUT2D eigenvalue weighted by atomic mass is 19.4. The second-order valence-electron chi connectivity index (χ2n) is 10.1. The van der Waals surface area contributed by atoms with Gasteiger partial charge in [-0.1, -0.05) is 6.07 Å². The minimum atomic E-state index is -4.69. The molecule has 3 fully saturated rings. The van der Waals surface area contributed by atoms with Crippen molar-refractivity contribution < 1.29 is 37.0 Å². The van der Waals surface area contributed by atoms with E-state index in [0.29, 0.717) is 29.4 Å². The predicted octanol–water partition coefficient (Wildman–Crippen LogP) is 3.06. The molecular weight excluding hydrogens is 508 g/mol. The fraction of sp³-hybridized carbons (Fsp3) is 0.500. The summed E-state index contributed by atoms with van der Waals surface area (Å²) in [6.07, 6.45) is -1.98. The van der Waals surface area contributed by atoms with Gasteiger partial charge in [-0.15, -0.1) is 0 Å². The Hall–Kier alpha value is -3.25. The van der Waals surface area contributed by atoms with Crippen LogP contribution in [0.5, 0.6) is 0 Å². The molecule has 1 aromatic carbocycles. The van der Waals surface area contributed by atoms with Crippen molar-refractivity contribution in [3.63, 3.8) is 0 Å². The molecule has 38 heavy (non-hydrogen) atoms. The van der Waals surface area contributed by atoms with Crippen molar-refractivity contribution in [1.29, 1.82) is 0 Å². The molecule has 0 bridgehead atoms. The number of alkyl halides is 3. The molecule has 5 rings (SSSR count). The normalized spacial score (nSPS) is 23.4. The number of amides is 2. The van der Waals surface area contributed by atoms with Gasteiger partial charge in [-0.2, -0.15) is 13.2 Å². The molecule has 2 amide bonds. The molecule has 4 atom stereocenters. The standard InChI is InChI=1S/C26H28F4N4O4/c1-13-6-18(20(10-32-13)31-4-5-35)25(37)34-21-7-14(21)8-22(34)24(36)33-23(15-11-38-12-15)17-3-2-16(9-19(17)27)26(28,29)30/h2-3,6,9-10,14-15,21-23,31,35H,4-5,7-8,11-12H2,1H3,(H,33,36)/t14-,21-,22-,23-/m1/s1. The van der Waals surface area contributed by atoms with Crippen molar-refractivity contribution in [3.05, 3.63) is 58.7 Å². The number of aliphatic hydroxyl groups is 1. The molecule has 3 heterocycles. The van der Waals surface area contributed by atoms with Crippen LogP contribution in [0.15, 0.2) is 30.5 Å². The molecule has 3 aliphatic rings. The number of ether oxygens (including phenoxy) is 1. The van der Waals surface area contributed by atoms with E-state index in [1.165, 1.54) is 6.20 Å². The first-order chi connectivity index (χ1) is 18.1. The van der Waals surface area contributed by atoms with Crippen LogP contribution in [0.2, 0.25) is 0 Å². The lowest BCUT2D eigenvalue weighted by atomic mass is 9.90. The maximum absolute atomic E-state index is 14.9. The highest BCUT2D eigenvalue weighted by Gasteiger charge is 2.56. The average Bonchev–Trinajstić information content (AvgIpc) is 3.50. The maximum Gasteiger partial charge on any atom is 0.416 e. The Morgan fingerprint density at radius 2 is 2.00 bits per heavy atom. The van der Waals surface area contributed by atoms with Gasteiger partial charge in [-0.25, -0.2) is 4.39 Å². The number of hydrogen-bond acceptors (Lipinski definition) is 6. The highest BCUT2D eigenvalue weighted by Crippen LogP contribution is 2.49. The molecule has 204 valence electrons. The van der Waals surface area contributed by atoms with Gasteiger partial charge >= 0.3 is 6.18 Å². The van der Waals surface area contributed by atoms with Crippen molar-refractivity contribution >= 4 is 17.5 Å². The number of carbonyl (C=O) groups excluding carboxylic acids is 2. The Kier molecular flexibility index (Phi) is 7.03. The van der Waals surface area contributed by atoms with E-state index >= 15 is 0 Å². The third-order valence-electron chi connectivity index (χ3n) is 7.44. The number of rotatable bonds is 8. The predicted molar refractivity (Wildman–Crippen MR) is 128 cm³/mol. The summed E-state index contributed by atoms with van der Waals surface area (Å²) < 4.78 is 59.3. The van der Waals surface area contributed by atoms with E-state index in [4.69, 9.17) is 4.74 Å². The van der Waals surface area contributed by atoms with Gasteiger partial charge in [0.15, 0.2) is 0 Å². The van der Waals surface area contributed by atoms with Gasteiger partial charge in [0.25, 0.3) is 5.91 Å². The van der Waals surface area contributed by atoms with Gasteiger partial charge in [0.05, 0.1) is 48.9 Å². The second kappa shape index (κ2) is 10.1. The molecule has 2 saturated heterocycles. The molecule has 12 heteroatoms. The lowest BCUT2D eigenvalue weighted by molar-refractivity contribution is -0.138. The smallest absolute Gasteiger partial charge is 0.395 e. The first kappa shape index (κ1) is 26.4. The molecule has 8 nitrogen and oxygen atoms in total. The highest BCUT2D eigenvalue weighted by molar-refractivity contribution is 6.02. The molecule has 1 saturated carbocycles. The second-order valence-corrected chi connectivity index (χ2v) is 10.1. The number of aliphatic hydroxyl groups excluding tert-OH is 1. The van der Waals surface area contributed by atoms with E-state index in [-0.39, 0.29) is 55.7 Å². The number of aromatic nitrogens is 1. The number of halogens is 4. The molecule has 1 aromatic heterocycles. The number of carbonyl (C=O) groups is 2. The summed E-state index contributed by atoms with van der Waals surface area (Å²) >= 11 is 0. The summed E-state index contributed by atoms with van der Waals surface area (Å²) in [7, 11) is 0. The van der Waals surface area contributed by atoms with Crippen LogP contribution in [0.1, 0.15) is 46.1 Å². The van der Waals surface area contributed by atoms with Crippen LogP contribution < -0.4 is 10.6 Å². The average molecular weight is 537 g/mol. The lowest BCUT2D eigenvalue weighted by Gasteiger charge is -2.36. The summed E-state index contributed by atoms with van der Waals surface area (Å²) in [6.45, 7) is 2.25. The fourth-order valence-electron chi connectivity index (χ4n) is 5.29. The Labute approximate surface area is 216 Å². The number of hydrogen-bond donors (Lipinski definition) is 3. The lowest BCUT2D eigenvalue weighted by Crippen LogP contribution is -2.51. The van der Waals surface area contributed by atoms with E-state index in [1.54, 1.807) is 17.9 Å². The SMILES string of the molecule is Cc1cc(C(=O)N2[C@@H](C(=O)N[C@@H](c3ccc(C(F)(F)F)cc3F)C3COC3)C[C@H]3C[C@H]32)c(NCCO)cn1. The molecule has 1 aliphatic carbocycles. The van der Waals surface area contributed by atoms with E-state index in [9.17, 15) is 32.3 Å². The summed E-state index contributed by atoms with van der Waals surface area (Å²) in [5, 5.41) is 15.0. The third-order valence-corrected chi connectivity index (χ3v) is 7.44. The van der Waals surface area contributed by atoms with Crippen LogP contribution >= 0.6 is 0 Å². The van der Waals surface area contributed by atoms with Gasteiger partial charge in [0.1, 0.15) is 11.9 Å². The summed E-state index contributed by atoms with van der Waals surface area (Å²) in [5.74, 6) is -2.06. The van der Waals surface area contributed by atoms with Crippen LogP contribution in [0.3, 0.4) is 0 Å². The first-order valence-corrected chi connectivity index (χ1v) is 12.5. The molecule has 3 N–H and O–H groups in total. The van der Waals surface area contributed by atoms with Crippen LogP contribution in [-0.2, 0) is 15.7 Å². The largest absolute Gasteiger partial charge is 0.416 e. The Morgan fingerprint density at radius 3 is 2.63 bits per heavy atom. The van der Waals surface area contributed by atoms with Crippen molar-refractivity contribution in [1.82, 2.24) is 15.2 Å². The number of likely N-dealkylation sites (tertiary alicyclic amines) is 1. The number of piperidine rings is 1. The van der Waals surface area contributed by atoms with E-state index in [1.807, 2.05) is 0 Å². The molecule has 0 radical (unpaired) electrons. The van der Waals surface area contributed by atoms with E-state index < -0.39 is 35.5 Å². The molecular formula is C26H28F4N4O4. The number of aryl methyl sites for hydroxylation is 1. The van der Waals surface area contributed by atoms with Crippen LogP contribution in [0, 0.1) is 24.6 Å². The molecule has 0 unspecified atom stereocenters. The van der Waals surface area contributed by atoms with Gasteiger partial charge < -0.3 is 25.4 Å². The minimum Gasteiger partial charge on any atom is -0.395 e. The zero-order valence-electron chi connectivity index (χ0n) is 20.6.